The first-order valence-electron chi connectivity index (χ1n) is 7.46. The van der Waals surface area contributed by atoms with E-state index in [-0.39, 0.29) is 12.2 Å². The van der Waals surface area contributed by atoms with Crippen molar-refractivity contribution in [3.05, 3.63) is 23.8 Å². The van der Waals surface area contributed by atoms with E-state index in [9.17, 15) is 0 Å². The lowest BCUT2D eigenvalue weighted by atomic mass is 9.95. The van der Waals surface area contributed by atoms with Crippen LogP contribution < -0.4 is 15.4 Å². The van der Waals surface area contributed by atoms with Crippen LogP contribution in [0.4, 0.5) is 0 Å². The van der Waals surface area contributed by atoms with E-state index >= 15 is 0 Å². The Labute approximate surface area is 126 Å². The molecule has 21 heavy (non-hydrogen) atoms. The maximum atomic E-state index is 5.94. The molecule has 0 unspecified atom stereocenters. The molecule has 1 aliphatic carbocycles. The summed E-state index contributed by atoms with van der Waals surface area (Å²) in [5.74, 6) is 6.82. The molecule has 0 amide bonds. The van der Waals surface area contributed by atoms with Gasteiger partial charge in [-0.1, -0.05) is 18.9 Å². The Bertz CT molecular complexity index is 438. The zero-order valence-electron chi connectivity index (χ0n) is 12.8. The van der Waals surface area contributed by atoms with Gasteiger partial charge in [0.25, 0.3) is 0 Å². The first kappa shape index (κ1) is 16.1. The van der Waals surface area contributed by atoms with Gasteiger partial charge in [0.1, 0.15) is 6.10 Å². The average Bonchev–Trinajstić information content (AvgIpc) is 2.55. The summed E-state index contributed by atoms with van der Waals surface area (Å²) in [4.78, 5) is 5.01. The third-order valence-electron chi connectivity index (χ3n) is 3.99. The average molecular weight is 295 g/mol. The molecule has 0 heterocycles. The van der Waals surface area contributed by atoms with Gasteiger partial charge < -0.3 is 14.2 Å². The van der Waals surface area contributed by atoms with Crippen LogP contribution in [0, 0.1) is 0 Å². The number of nitrogens with two attached hydrogens (primary N) is 1. The van der Waals surface area contributed by atoms with Gasteiger partial charge in [-0.05, 0) is 37.0 Å². The topological polar surface area (TPSA) is 62.9 Å². The van der Waals surface area contributed by atoms with Gasteiger partial charge in [-0.2, -0.15) is 0 Å². The van der Waals surface area contributed by atoms with Gasteiger partial charge >= 0.3 is 0 Å². The molecule has 1 aliphatic rings. The van der Waals surface area contributed by atoms with Crippen molar-refractivity contribution in [1.82, 2.24) is 0 Å². The minimum absolute atomic E-state index is 0.0316. The van der Waals surface area contributed by atoms with Gasteiger partial charge in [0.05, 0.1) is 26.9 Å². The van der Waals surface area contributed by atoms with Crippen LogP contribution in [0.15, 0.2) is 18.2 Å². The molecule has 2 rings (SSSR count). The Kier molecular flexibility index (Phi) is 6.29. The summed E-state index contributed by atoms with van der Waals surface area (Å²) < 4.78 is 16.5. The highest BCUT2D eigenvalue weighted by atomic mass is 16.6. The van der Waals surface area contributed by atoms with Crippen molar-refractivity contribution >= 4 is 0 Å². The van der Waals surface area contributed by atoms with Crippen molar-refractivity contribution in [2.45, 2.75) is 44.3 Å². The van der Waals surface area contributed by atoms with E-state index in [2.05, 4.69) is 0 Å². The lowest BCUT2D eigenvalue weighted by molar-refractivity contribution is -0.0931. The maximum Gasteiger partial charge on any atom is 0.160 e. The van der Waals surface area contributed by atoms with E-state index < -0.39 is 0 Å². The van der Waals surface area contributed by atoms with Gasteiger partial charge in [0.2, 0.25) is 0 Å². The minimum Gasteiger partial charge on any atom is -0.493 e. The summed E-state index contributed by atoms with van der Waals surface area (Å²) >= 11 is 0. The second kappa shape index (κ2) is 8.22. The van der Waals surface area contributed by atoms with Gasteiger partial charge in [0, 0.05) is 0 Å². The van der Waals surface area contributed by atoms with Crippen molar-refractivity contribution < 1.29 is 19.0 Å². The van der Waals surface area contributed by atoms with Gasteiger partial charge in [-0.15, -0.1) is 0 Å². The highest BCUT2D eigenvalue weighted by molar-refractivity contribution is 5.42. The number of rotatable bonds is 7. The fraction of sp³-hybridized carbons (Fsp3) is 0.625. The second-order valence-corrected chi connectivity index (χ2v) is 5.31. The predicted octanol–water partition coefficient (Wildman–Crippen LogP) is 2.46. The highest BCUT2D eigenvalue weighted by Gasteiger charge is 2.26. The minimum atomic E-state index is 0.0316. The number of hydrogen-bond acceptors (Lipinski definition) is 5. The van der Waals surface area contributed by atoms with Crippen LogP contribution >= 0.6 is 0 Å². The Morgan fingerprint density at radius 1 is 1.05 bits per heavy atom. The third-order valence-corrected chi connectivity index (χ3v) is 3.99. The van der Waals surface area contributed by atoms with Gasteiger partial charge in [0.15, 0.2) is 11.5 Å². The molecule has 1 aromatic carbocycles. The smallest absolute Gasteiger partial charge is 0.160 e. The fourth-order valence-electron chi connectivity index (χ4n) is 2.77. The van der Waals surface area contributed by atoms with Crippen molar-refractivity contribution in [2.24, 2.45) is 5.90 Å². The van der Waals surface area contributed by atoms with E-state index in [0.717, 1.165) is 42.7 Å². The summed E-state index contributed by atoms with van der Waals surface area (Å²) in [6.07, 6.45) is 5.32. The van der Waals surface area contributed by atoms with Crippen LogP contribution in [-0.4, -0.2) is 33.0 Å². The van der Waals surface area contributed by atoms with Crippen LogP contribution in [0.2, 0.25) is 0 Å². The number of ether oxygens (including phenoxy) is 3. The van der Waals surface area contributed by atoms with E-state index in [0.29, 0.717) is 6.61 Å². The molecule has 0 aromatic heterocycles. The summed E-state index contributed by atoms with van der Waals surface area (Å²) in [6, 6.07) is 5.93. The zero-order valence-corrected chi connectivity index (χ0v) is 12.8. The number of benzene rings is 1. The highest BCUT2D eigenvalue weighted by Crippen LogP contribution is 2.28. The van der Waals surface area contributed by atoms with E-state index in [4.69, 9.17) is 24.9 Å². The van der Waals surface area contributed by atoms with Crippen molar-refractivity contribution in [3.8, 4) is 11.5 Å². The molecular formula is C16H25NO4. The quantitative estimate of drug-likeness (QED) is 0.783. The van der Waals surface area contributed by atoms with Crippen molar-refractivity contribution in [2.75, 3.05) is 20.8 Å². The van der Waals surface area contributed by atoms with Crippen LogP contribution in [0.1, 0.15) is 31.2 Å². The molecule has 1 saturated carbocycles. The molecule has 0 radical (unpaired) electrons. The maximum absolute atomic E-state index is 5.94. The molecule has 1 fully saturated rings. The molecular weight excluding hydrogens is 270 g/mol. The van der Waals surface area contributed by atoms with Gasteiger partial charge in [-0.3, -0.25) is 4.84 Å². The van der Waals surface area contributed by atoms with E-state index in [1.165, 1.54) is 6.42 Å². The Hall–Kier alpha value is -1.30. The molecule has 118 valence electrons. The Morgan fingerprint density at radius 3 is 2.43 bits per heavy atom. The predicted molar refractivity (Wildman–Crippen MR) is 80.5 cm³/mol. The summed E-state index contributed by atoms with van der Waals surface area (Å²) in [7, 11) is 3.28. The summed E-state index contributed by atoms with van der Waals surface area (Å²) in [5, 5.41) is 0. The van der Waals surface area contributed by atoms with Crippen LogP contribution in [-0.2, 0) is 16.0 Å². The first-order chi connectivity index (χ1) is 10.3. The second-order valence-electron chi connectivity index (χ2n) is 5.31. The molecule has 0 saturated heterocycles. The molecule has 1 aromatic rings. The monoisotopic (exact) mass is 295 g/mol. The van der Waals surface area contributed by atoms with Crippen LogP contribution in [0.25, 0.3) is 0 Å². The SMILES string of the molecule is COc1ccc(CCO[C@@H]2CCCC[C@@H]2ON)cc1OC. The summed E-state index contributed by atoms with van der Waals surface area (Å²) in [6.45, 7) is 0.653. The molecule has 2 N–H and O–H groups in total. The largest absolute Gasteiger partial charge is 0.493 e. The van der Waals surface area contributed by atoms with E-state index in [1.54, 1.807) is 14.2 Å². The van der Waals surface area contributed by atoms with E-state index in [1.807, 2.05) is 18.2 Å². The lowest BCUT2D eigenvalue weighted by Crippen LogP contribution is -2.37. The molecule has 0 spiro atoms. The number of hydrogen-bond donors (Lipinski definition) is 1. The molecule has 5 heteroatoms. The van der Waals surface area contributed by atoms with Crippen molar-refractivity contribution in [3.63, 3.8) is 0 Å². The van der Waals surface area contributed by atoms with Crippen molar-refractivity contribution in [1.29, 1.82) is 0 Å². The third kappa shape index (κ3) is 4.33. The molecule has 2 atom stereocenters. The standard InChI is InChI=1S/C16H25NO4/c1-18-13-8-7-12(11-16(13)19-2)9-10-20-14-5-3-4-6-15(14)21-17/h7-8,11,14-15H,3-6,9-10,17H2,1-2H3/t14-,15+/m1/s1. The Balaban J connectivity index is 1.85. The first-order valence-corrected chi connectivity index (χ1v) is 7.46. The molecule has 0 bridgehead atoms. The van der Waals surface area contributed by atoms with Crippen LogP contribution in [0.5, 0.6) is 11.5 Å². The Morgan fingerprint density at radius 2 is 1.76 bits per heavy atom. The fourth-order valence-corrected chi connectivity index (χ4v) is 2.77. The zero-order chi connectivity index (χ0) is 15.1. The lowest BCUT2D eigenvalue weighted by Gasteiger charge is -2.29. The normalized spacial score (nSPS) is 22.0. The van der Waals surface area contributed by atoms with Crippen LogP contribution in [0.3, 0.4) is 0 Å². The molecule has 5 nitrogen and oxygen atoms in total. The molecule has 0 aliphatic heterocycles. The van der Waals surface area contributed by atoms with Gasteiger partial charge in [-0.25, -0.2) is 5.90 Å². The summed E-state index contributed by atoms with van der Waals surface area (Å²) in [5.41, 5.74) is 1.16. The number of methoxy groups -OCH3 is 2.